The standard InChI is InChI=1S/C23H25N5O/c1-27-20(11-13-25-27)17-9-10-19-21(14-17)28(23(29)16-6-3-2-4-7-16)15-18-8-5-12-24-22(18)26-19/h5,8-14,16H,2-4,6-7,15H2,1H3,(H,24,26). The molecular formula is C23H25N5O. The second kappa shape index (κ2) is 7.35. The number of pyridine rings is 1. The number of nitrogens with zero attached hydrogens (tertiary/aromatic N) is 4. The molecule has 0 radical (unpaired) electrons. The molecule has 2 aliphatic rings. The van der Waals surface area contributed by atoms with E-state index in [0.29, 0.717) is 6.54 Å². The number of aromatic nitrogens is 3. The Morgan fingerprint density at radius 3 is 2.76 bits per heavy atom. The third kappa shape index (κ3) is 3.28. The molecule has 1 amide bonds. The first kappa shape index (κ1) is 17.9. The van der Waals surface area contributed by atoms with E-state index in [0.717, 1.165) is 59.7 Å². The van der Waals surface area contributed by atoms with Gasteiger partial charge in [-0.3, -0.25) is 9.48 Å². The second-order valence-corrected chi connectivity index (χ2v) is 7.97. The lowest BCUT2D eigenvalue weighted by Gasteiger charge is -2.29. The highest BCUT2D eigenvalue weighted by Crippen LogP contribution is 2.39. The highest BCUT2D eigenvalue weighted by molar-refractivity contribution is 6.00. The number of fused-ring (bicyclic) bond motifs is 2. The Kier molecular flexibility index (Phi) is 4.54. The van der Waals surface area contributed by atoms with Crippen molar-refractivity contribution in [2.24, 2.45) is 13.0 Å². The summed E-state index contributed by atoms with van der Waals surface area (Å²) in [7, 11) is 1.93. The van der Waals surface area contributed by atoms with Gasteiger partial charge in [-0.15, -0.1) is 0 Å². The Morgan fingerprint density at radius 2 is 1.97 bits per heavy atom. The minimum atomic E-state index is 0.107. The zero-order chi connectivity index (χ0) is 19.8. The van der Waals surface area contributed by atoms with Crippen LogP contribution in [-0.2, 0) is 18.4 Å². The summed E-state index contributed by atoms with van der Waals surface area (Å²) in [6.45, 7) is 0.535. The molecule has 0 spiro atoms. The second-order valence-electron chi connectivity index (χ2n) is 7.97. The largest absolute Gasteiger partial charge is 0.338 e. The van der Waals surface area contributed by atoms with Crippen molar-refractivity contribution in [3.63, 3.8) is 0 Å². The SMILES string of the molecule is Cn1nccc1-c1ccc2c(c1)N(C(=O)C1CCCCC1)Cc1cccnc1N2. The van der Waals surface area contributed by atoms with Crippen molar-refractivity contribution < 1.29 is 4.79 Å². The molecule has 6 heteroatoms. The number of rotatable bonds is 2. The van der Waals surface area contributed by atoms with Crippen molar-refractivity contribution >= 4 is 23.1 Å². The maximum Gasteiger partial charge on any atom is 0.230 e. The summed E-state index contributed by atoms with van der Waals surface area (Å²) in [6.07, 6.45) is 9.07. The monoisotopic (exact) mass is 387 g/mol. The summed E-state index contributed by atoms with van der Waals surface area (Å²) in [5.74, 6) is 1.16. The molecule has 6 nitrogen and oxygen atoms in total. The van der Waals surface area contributed by atoms with Gasteiger partial charge < -0.3 is 10.2 Å². The molecule has 29 heavy (non-hydrogen) atoms. The van der Waals surface area contributed by atoms with Crippen LogP contribution in [0.2, 0.25) is 0 Å². The number of anilines is 3. The molecule has 0 atom stereocenters. The molecule has 1 aromatic carbocycles. The molecule has 148 valence electrons. The summed E-state index contributed by atoms with van der Waals surface area (Å²) >= 11 is 0. The normalized spacial score (nSPS) is 16.5. The van der Waals surface area contributed by atoms with Crippen LogP contribution in [0.25, 0.3) is 11.3 Å². The van der Waals surface area contributed by atoms with Crippen LogP contribution < -0.4 is 10.2 Å². The van der Waals surface area contributed by atoms with Gasteiger partial charge in [0, 0.05) is 36.5 Å². The van der Waals surface area contributed by atoms with Gasteiger partial charge in [-0.05, 0) is 37.1 Å². The lowest BCUT2D eigenvalue weighted by molar-refractivity contribution is -0.123. The number of aryl methyl sites for hydroxylation is 1. The number of carbonyl (C=O) groups is 1. The number of nitrogens with one attached hydrogen (secondary N) is 1. The van der Waals surface area contributed by atoms with Crippen LogP contribution >= 0.6 is 0 Å². The van der Waals surface area contributed by atoms with Crippen molar-refractivity contribution in [2.45, 2.75) is 38.6 Å². The quantitative estimate of drug-likeness (QED) is 0.695. The van der Waals surface area contributed by atoms with Gasteiger partial charge in [0.15, 0.2) is 0 Å². The van der Waals surface area contributed by atoms with Crippen LogP contribution in [0, 0.1) is 5.92 Å². The zero-order valence-electron chi connectivity index (χ0n) is 16.6. The molecular weight excluding hydrogens is 362 g/mol. The smallest absolute Gasteiger partial charge is 0.230 e. The fraction of sp³-hybridized carbons (Fsp3) is 0.348. The molecule has 1 N–H and O–H groups in total. The van der Waals surface area contributed by atoms with Crippen LogP contribution in [-0.4, -0.2) is 20.7 Å². The first-order chi connectivity index (χ1) is 14.2. The average molecular weight is 387 g/mol. The topological polar surface area (TPSA) is 63.1 Å². The molecule has 0 bridgehead atoms. The Hall–Kier alpha value is -3.15. The summed E-state index contributed by atoms with van der Waals surface area (Å²) < 4.78 is 1.86. The number of hydrogen-bond donors (Lipinski definition) is 1. The summed E-state index contributed by atoms with van der Waals surface area (Å²) in [6, 6.07) is 12.2. The van der Waals surface area contributed by atoms with Gasteiger partial charge in [-0.25, -0.2) is 4.98 Å². The predicted octanol–water partition coefficient (Wildman–Crippen LogP) is 4.65. The van der Waals surface area contributed by atoms with Crippen molar-refractivity contribution in [3.05, 3.63) is 54.4 Å². The van der Waals surface area contributed by atoms with Crippen LogP contribution in [0.3, 0.4) is 0 Å². The minimum absolute atomic E-state index is 0.107. The number of hydrogen-bond acceptors (Lipinski definition) is 4. The van der Waals surface area contributed by atoms with E-state index in [2.05, 4.69) is 27.5 Å². The van der Waals surface area contributed by atoms with Gasteiger partial charge in [0.05, 0.1) is 23.6 Å². The third-order valence-electron chi connectivity index (χ3n) is 6.10. The molecule has 0 saturated heterocycles. The van der Waals surface area contributed by atoms with Crippen molar-refractivity contribution in [1.29, 1.82) is 0 Å². The van der Waals surface area contributed by atoms with Crippen molar-refractivity contribution in [3.8, 4) is 11.3 Å². The first-order valence-corrected chi connectivity index (χ1v) is 10.4. The van der Waals surface area contributed by atoms with Crippen LogP contribution in [0.1, 0.15) is 37.7 Å². The summed E-state index contributed by atoms with van der Waals surface area (Å²) in [5.41, 5.74) is 4.94. The molecule has 1 aliphatic carbocycles. The van der Waals surface area contributed by atoms with E-state index in [4.69, 9.17) is 0 Å². The van der Waals surface area contributed by atoms with E-state index >= 15 is 0 Å². The van der Waals surface area contributed by atoms with Crippen molar-refractivity contribution in [1.82, 2.24) is 14.8 Å². The molecule has 1 aliphatic heterocycles. The molecule has 0 unspecified atom stereocenters. The number of carbonyl (C=O) groups excluding carboxylic acids is 1. The number of benzene rings is 1. The van der Waals surface area contributed by atoms with Crippen molar-refractivity contribution in [2.75, 3.05) is 10.2 Å². The Morgan fingerprint density at radius 1 is 1.10 bits per heavy atom. The van der Waals surface area contributed by atoms with Crippen LogP contribution in [0.5, 0.6) is 0 Å². The lowest BCUT2D eigenvalue weighted by atomic mass is 9.88. The highest BCUT2D eigenvalue weighted by Gasteiger charge is 2.31. The molecule has 3 heterocycles. The van der Waals surface area contributed by atoms with E-state index in [-0.39, 0.29) is 11.8 Å². The van der Waals surface area contributed by atoms with Crippen LogP contribution in [0.15, 0.2) is 48.8 Å². The summed E-state index contributed by atoms with van der Waals surface area (Å²) in [4.78, 5) is 20.1. The van der Waals surface area contributed by atoms with Gasteiger partial charge in [-0.1, -0.05) is 31.4 Å². The van der Waals surface area contributed by atoms with Gasteiger partial charge in [0.2, 0.25) is 5.91 Å². The van der Waals surface area contributed by atoms with E-state index in [1.54, 1.807) is 12.4 Å². The minimum Gasteiger partial charge on any atom is -0.338 e. The Labute approximate surface area is 170 Å². The van der Waals surface area contributed by atoms with E-state index in [1.165, 1.54) is 6.42 Å². The average Bonchev–Trinajstić information content (AvgIpc) is 3.11. The Balaban J connectivity index is 1.61. The maximum absolute atomic E-state index is 13.6. The third-order valence-corrected chi connectivity index (χ3v) is 6.10. The molecule has 1 saturated carbocycles. The highest BCUT2D eigenvalue weighted by atomic mass is 16.2. The first-order valence-electron chi connectivity index (χ1n) is 10.4. The lowest BCUT2D eigenvalue weighted by Crippen LogP contribution is -2.36. The van der Waals surface area contributed by atoms with E-state index in [1.807, 2.05) is 40.9 Å². The fourth-order valence-corrected chi connectivity index (χ4v) is 4.51. The maximum atomic E-state index is 13.6. The van der Waals surface area contributed by atoms with Gasteiger partial charge in [0.25, 0.3) is 0 Å². The molecule has 2 aromatic heterocycles. The van der Waals surface area contributed by atoms with Crippen LogP contribution in [0.4, 0.5) is 17.2 Å². The predicted molar refractivity (Wildman–Crippen MR) is 114 cm³/mol. The van der Waals surface area contributed by atoms with Gasteiger partial charge >= 0.3 is 0 Å². The molecule has 5 rings (SSSR count). The summed E-state index contributed by atoms with van der Waals surface area (Å²) in [5, 5.41) is 7.74. The fourth-order valence-electron chi connectivity index (χ4n) is 4.51. The van der Waals surface area contributed by atoms with E-state index < -0.39 is 0 Å². The zero-order valence-corrected chi connectivity index (χ0v) is 16.6. The van der Waals surface area contributed by atoms with E-state index in [9.17, 15) is 4.79 Å². The van der Waals surface area contributed by atoms with Gasteiger partial charge in [0.1, 0.15) is 5.82 Å². The number of amides is 1. The molecule has 3 aromatic rings. The Bertz CT molecular complexity index is 1050. The van der Waals surface area contributed by atoms with Gasteiger partial charge in [-0.2, -0.15) is 5.10 Å². The molecule has 1 fully saturated rings.